The number of carbonyl (C=O) groups excluding carboxylic acids is 1. The first kappa shape index (κ1) is 15.8. The molecule has 1 amide bonds. The molecule has 0 saturated carbocycles. The molecular formula is C19H17N3O2S. The second-order valence-corrected chi connectivity index (χ2v) is 6.46. The molecule has 0 spiro atoms. The Kier molecular flexibility index (Phi) is 3.77. The number of nitrogens with one attached hydrogen (secondary N) is 1. The van der Waals surface area contributed by atoms with Gasteiger partial charge in [0.05, 0.1) is 10.9 Å². The number of H-pyrrole nitrogens is 1. The van der Waals surface area contributed by atoms with Crippen molar-refractivity contribution in [3.63, 3.8) is 0 Å². The average Bonchev–Trinajstić information content (AvgIpc) is 3.05. The highest BCUT2D eigenvalue weighted by atomic mass is 32.1. The van der Waals surface area contributed by atoms with Gasteiger partial charge in [0.25, 0.3) is 11.5 Å². The van der Waals surface area contributed by atoms with Crippen LogP contribution in [0.4, 0.5) is 5.69 Å². The summed E-state index contributed by atoms with van der Waals surface area (Å²) in [4.78, 5) is 30.3. The molecule has 1 aliphatic rings. The molecule has 0 atom stereocenters. The van der Waals surface area contributed by atoms with E-state index in [1.165, 1.54) is 10.1 Å². The van der Waals surface area contributed by atoms with E-state index in [-0.39, 0.29) is 11.5 Å². The molecule has 3 aromatic rings. The van der Waals surface area contributed by atoms with Crippen LogP contribution in [0.25, 0.3) is 10.9 Å². The largest absolute Gasteiger partial charge is 0.332 e. The van der Waals surface area contributed by atoms with Gasteiger partial charge in [-0.2, -0.15) is 0 Å². The molecule has 0 fully saturated rings. The van der Waals surface area contributed by atoms with Crippen LogP contribution in [0.15, 0.2) is 47.3 Å². The Morgan fingerprint density at radius 2 is 2.04 bits per heavy atom. The highest BCUT2D eigenvalue weighted by Crippen LogP contribution is 2.29. The molecule has 1 aromatic heterocycles. The topological polar surface area (TPSA) is 58.1 Å². The van der Waals surface area contributed by atoms with Crippen molar-refractivity contribution in [1.82, 2.24) is 9.55 Å². The minimum absolute atomic E-state index is 0.0640. The number of carbonyl (C=O) groups is 1. The molecule has 0 bridgehead atoms. The molecule has 6 heteroatoms. The summed E-state index contributed by atoms with van der Waals surface area (Å²) in [6, 6.07) is 13.1. The van der Waals surface area contributed by atoms with Crippen LogP contribution >= 0.6 is 12.2 Å². The molecule has 1 aliphatic heterocycles. The Labute approximate surface area is 149 Å². The summed E-state index contributed by atoms with van der Waals surface area (Å²) in [7, 11) is 0. The highest BCUT2D eigenvalue weighted by Gasteiger charge is 2.25. The fraction of sp³-hybridized carbons (Fsp3) is 0.211. The van der Waals surface area contributed by atoms with Crippen LogP contribution in [0.5, 0.6) is 0 Å². The van der Waals surface area contributed by atoms with Crippen LogP contribution in [-0.4, -0.2) is 22.0 Å². The van der Waals surface area contributed by atoms with Crippen molar-refractivity contribution in [3.8, 4) is 0 Å². The third-order valence-corrected chi connectivity index (χ3v) is 5.00. The summed E-state index contributed by atoms with van der Waals surface area (Å²) in [5.41, 5.74) is 3.15. The average molecular weight is 351 g/mol. The Bertz CT molecular complexity index is 1110. The van der Waals surface area contributed by atoms with Gasteiger partial charge in [-0.25, -0.2) is 0 Å². The van der Waals surface area contributed by atoms with Gasteiger partial charge < -0.3 is 9.88 Å². The van der Waals surface area contributed by atoms with Crippen molar-refractivity contribution < 1.29 is 4.79 Å². The van der Waals surface area contributed by atoms with Crippen molar-refractivity contribution in [1.29, 1.82) is 0 Å². The number of rotatable bonds is 2. The second kappa shape index (κ2) is 5.97. The SMILES string of the molecule is CCn1c(=S)[nH]c2cc(C(=O)N3CCc4ccccc43)ccc2c1=O. The van der Waals surface area contributed by atoms with Crippen LogP contribution in [0.3, 0.4) is 0 Å². The molecule has 5 nitrogen and oxygen atoms in total. The molecule has 0 unspecified atom stereocenters. The molecule has 2 aromatic carbocycles. The fourth-order valence-electron chi connectivity index (χ4n) is 3.38. The lowest BCUT2D eigenvalue weighted by Crippen LogP contribution is -2.29. The van der Waals surface area contributed by atoms with Crippen LogP contribution in [0.1, 0.15) is 22.8 Å². The number of para-hydroxylation sites is 1. The van der Waals surface area contributed by atoms with Gasteiger partial charge in [0.1, 0.15) is 0 Å². The highest BCUT2D eigenvalue weighted by molar-refractivity contribution is 7.71. The number of nitrogens with zero attached hydrogens (tertiary/aromatic N) is 2. The number of anilines is 1. The molecule has 1 N–H and O–H groups in total. The van der Waals surface area contributed by atoms with Gasteiger partial charge in [-0.3, -0.25) is 14.2 Å². The summed E-state index contributed by atoms with van der Waals surface area (Å²) < 4.78 is 1.88. The Morgan fingerprint density at radius 3 is 2.84 bits per heavy atom. The molecular weight excluding hydrogens is 334 g/mol. The summed E-state index contributed by atoms with van der Waals surface area (Å²) in [5, 5.41) is 0.536. The lowest BCUT2D eigenvalue weighted by molar-refractivity contribution is 0.0989. The third-order valence-electron chi connectivity index (χ3n) is 4.68. The van der Waals surface area contributed by atoms with Crippen LogP contribution in [0.2, 0.25) is 0 Å². The van der Waals surface area contributed by atoms with E-state index in [1.807, 2.05) is 31.2 Å². The van der Waals surface area contributed by atoms with Gasteiger partial charge in [-0.15, -0.1) is 0 Å². The zero-order chi connectivity index (χ0) is 17.6. The summed E-state index contributed by atoms with van der Waals surface area (Å²) in [6.45, 7) is 3.05. The Balaban J connectivity index is 1.79. The first-order valence-corrected chi connectivity index (χ1v) is 8.67. The summed E-state index contributed by atoms with van der Waals surface area (Å²) in [5.74, 6) is -0.0640. The van der Waals surface area contributed by atoms with Crippen molar-refractivity contribution >= 4 is 34.7 Å². The van der Waals surface area contributed by atoms with E-state index in [9.17, 15) is 9.59 Å². The fourth-order valence-corrected chi connectivity index (χ4v) is 3.70. The van der Waals surface area contributed by atoms with Gasteiger partial charge in [0.15, 0.2) is 4.77 Å². The maximum atomic E-state index is 12.9. The Morgan fingerprint density at radius 1 is 1.24 bits per heavy atom. The summed E-state index contributed by atoms with van der Waals surface area (Å²) in [6.07, 6.45) is 0.860. The third kappa shape index (κ3) is 2.49. The number of benzene rings is 2. The first-order chi connectivity index (χ1) is 12.1. The monoisotopic (exact) mass is 351 g/mol. The number of aromatic nitrogens is 2. The number of hydrogen-bond acceptors (Lipinski definition) is 3. The van der Waals surface area contributed by atoms with Gasteiger partial charge in [0.2, 0.25) is 0 Å². The maximum Gasteiger partial charge on any atom is 0.262 e. The van der Waals surface area contributed by atoms with Gasteiger partial charge in [-0.05, 0) is 55.4 Å². The van der Waals surface area contributed by atoms with E-state index < -0.39 is 0 Å². The molecule has 25 heavy (non-hydrogen) atoms. The quantitative estimate of drug-likeness (QED) is 0.721. The van der Waals surface area contributed by atoms with Crippen molar-refractivity contribution in [3.05, 3.63) is 68.7 Å². The first-order valence-electron chi connectivity index (χ1n) is 8.27. The van der Waals surface area contributed by atoms with Crippen molar-refractivity contribution in [2.75, 3.05) is 11.4 Å². The second-order valence-electron chi connectivity index (χ2n) is 6.08. The number of hydrogen-bond donors (Lipinski definition) is 1. The lowest BCUT2D eigenvalue weighted by atomic mass is 10.1. The molecule has 2 heterocycles. The van der Waals surface area contributed by atoms with Crippen LogP contribution < -0.4 is 10.5 Å². The molecule has 0 saturated heterocycles. The Hall–Kier alpha value is -2.73. The number of amides is 1. The predicted octanol–water partition coefficient (Wildman–Crippen LogP) is 3.28. The van der Waals surface area contributed by atoms with E-state index >= 15 is 0 Å². The van der Waals surface area contributed by atoms with E-state index in [0.717, 1.165) is 12.1 Å². The van der Waals surface area contributed by atoms with E-state index in [0.29, 0.717) is 34.3 Å². The normalized spacial score (nSPS) is 13.2. The standard InChI is InChI=1S/C19H17N3O2S/c1-2-21-18(24)14-8-7-13(11-15(14)20-19(21)25)17(23)22-10-9-12-5-3-4-6-16(12)22/h3-8,11H,2,9-10H2,1H3,(H,20,25). The van der Waals surface area contributed by atoms with E-state index in [2.05, 4.69) is 4.98 Å². The predicted molar refractivity (Wildman–Crippen MR) is 101 cm³/mol. The van der Waals surface area contributed by atoms with Crippen molar-refractivity contribution in [2.24, 2.45) is 0 Å². The van der Waals surface area contributed by atoms with Crippen LogP contribution in [0, 0.1) is 4.77 Å². The smallest absolute Gasteiger partial charge is 0.262 e. The van der Waals surface area contributed by atoms with E-state index in [1.54, 1.807) is 23.1 Å². The molecule has 4 rings (SSSR count). The van der Waals surface area contributed by atoms with Crippen molar-refractivity contribution in [2.45, 2.75) is 19.9 Å². The molecule has 0 aliphatic carbocycles. The number of aromatic amines is 1. The van der Waals surface area contributed by atoms with Gasteiger partial charge in [-0.1, -0.05) is 18.2 Å². The van der Waals surface area contributed by atoms with Gasteiger partial charge in [0, 0.05) is 24.3 Å². The maximum absolute atomic E-state index is 12.9. The van der Waals surface area contributed by atoms with Crippen LogP contribution in [-0.2, 0) is 13.0 Å². The summed E-state index contributed by atoms with van der Waals surface area (Å²) >= 11 is 5.25. The van der Waals surface area contributed by atoms with Gasteiger partial charge >= 0.3 is 0 Å². The minimum atomic E-state index is -0.133. The zero-order valence-electron chi connectivity index (χ0n) is 13.8. The van der Waals surface area contributed by atoms with E-state index in [4.69, 9.17) is 12.2 Å². The number of fused-ring (bicyclic) bond motifs is 2. The molecule has 0 radical (unpaired) electrons. The zero-order valence-corrected chi connectivity index (χ0v) is 14.6. The minimum Gasteiger partial charge on any atom is -0.332 e. The lowest BCUT2D eigenvalue weighted by Gasteiger charge is -2.17. The molecule has 126 valence electrons.